The molecule has 0 N–H and O–H groups in total. The molecule has 1 heterocycles. The summed E-state index contributed by atoms with van der Waals surface area (Å²) in [5, 5.41) is 0. The van der Waals surface area contributed by atoms with Gasteiger partial charge in [0.15, 0.2) is 0 Å². The Balaban J connectivity index is 3.02. The van der Waals surface area contributed by atoms with Crippen molar-refractivity contribution in [2.24, 2.45) is 0 Å². The van der Waals surface area contributed by atoms with Gasteiger partial charge in [-0.05, 0) is 25.5 Å². The number of aromatic nitrogens is 1. The first-order valence-electron chi connectivity index (χ1n) is 4.20. The first-order valence-corrected chi connectivity index (χ1v) is 4.20. The predicted molar refractivity (Wildman–Crippen MR) is 52.2 cm³/mol. The molecule has 0 aliphatic heterocycles. The summed E-state index contributed by atoms with van der Waals surface area (Å²) in [5.74, 6) is 0.367. The number of nitrogens with zero attached hydrogens (tertiary/aromatic N) is 1. The first-order chi connectivity index (χ1) is 5.63. The summed E-state index contributed by atoms with van der Waals surface area (Å²) in [6, 6.07) is 4.05. The Hall–Kier alpha value is -1.11. The van der Waals surface area contributed by atoms with Gasteiger partial charge in [0, 0.05) is 12.1 Å². The average Bonchev–Trinajstić information content (AvgIpc) is 2.04. The lowest BCUT2D eigenvalue weighted by Crippen LogP contribution is -1.99. The smallest absolute Gasteiger partial charge is 0.0501 e. The fourth-order valence-electron chi connectivity index (χ4n) is 1.18. The van der Waals surface area contributed by atoms with E-state index in [1.807, 2.05) is 19.2 Å². The zero-order chi connectivity index (χ0) is 9.14. The summed E-state index contributed by atoms with van der Waals surface area (Å²) in [6.07, 6.45) is 1.84. The zero-order valence-electron chi connectivity index (χ0n) is 7.96. The SMILES string of the molecule is C=C(C)C(C)c1ncccc1C. The number of pyridine rings is 1. The van der Waals surface area contributed by atoms with Crippen LogP contribution in [0.1, 0.15) is 31.0 Å². The molecule has 1 rings (SSSR count). The Labute approximate surface area is 74.2 Å². The summed E-state index contributed by atoms with van der Waals surface area (Å²) >= 11 is 0. The third-order valence-electron chi connectivity index (χ3n) is 2.20. The van der Waals surface area contributed by atoms with Crippen LogP contribution in [0.25, 0.3) is 0 Å². The Morgan fingerprint density at radius 1 is 1.58 bits per heavy atom. The van der Waals surface area contributed by atoms with E-state index in [1.54, 1.807) is 0 Å². The van der Waals surface area contributed by atoms with Gasteiger partial charge in [0.25, 0.3) is 0 Å². The van der Waals surface area contributed by atoms with E-state index in [2.05, 4.69) is 31.5 Å². The molecule has 1 aromatic heterocycles. The van der Waals surface area contributed by atoms with Crippen molar-refractivity contribution in [3.63, 3.8) is 0 Å². The fraction of sp³-hybridized carbons (Fsp3) is 0.364. The molecular formula is C11H15N. The molecule has 1 unspecified atom stereocenters. The van der Waals surface area contributed by atoms with Crippen LogP contribution in [-0.4, -0.2) is 4.98 Å². The summed E-state index contributed by atoms with van der Waals surface area (Å²) in [7, 11) is 0. The summed E-state index contributed by atoms with van der Waals surface area (Å²) in [5.41, 5.74) is 3.55. The minimum absolute atomic E-state index is 0.367. The average molecular weight is 161 g/mol. The molecule has 1 nitrogen and oxygen atoms in total. The lowest BCUT2D eigenvalue weighted by atomic mass is 9.97. The highest BCUT2D eigenvalue weighted by Crippen LogP contribution is 2.22. The molecule has 0 fully saturated rings. The molecule has 0 amide bonds. The van der Waals surface area contributed by atoms with Crippen LogP contribution in [0.2, 0.25) is 0 Å². The van der Waals surface area contributed by atoms with Crippen LogP contribution in [0, 0.1) is 6.92 Å². The quantitative estimate of drug-likeness (QED) is 0.607. The van der Waals surface area contributed by atoms with Gasteiger partial charge in [-0.15, -0.1) is 0 Å². The standard InChI is InChI=1S/C11H15N/c1-8(2)10(4)11-9(3)6-5-7-12-11/h5-7,10H,1H2,2-4H3. The van der Waals surface area contributed by atoms with Crippen molar-refractivity contribution in [3.8, 4) is 0 Å². The third-order valence-corrected chi connectivity index (χ3v) is 2.20. The minimum atomic E-state index is 0.367. The van der Waals surface area contributed by atoms with Crippen LogP contribution in [0.4, 0.5) is 0 Å². The van der Waals surface area contributed by atoms with Gasteiger partial charge in [0.1, 0.15) is 0 Å². The van der Waals surface area contributed by atoms with Gasteiger partial charge >= 0.3 is 0 Å². The van der Waals surface area contributed by atoms with E-state index in [0.29, 0.717) is 5.92 Å². The molecule has 1 atom stereocenters. The van der Waals surface area contributed by atoms with Crippen LogP contribution >= 0.6 is 0 Å². The molecule has 0 aliphatic rings. The maximum atomic E-state index is 4.34. The fourth-order valence-corrected chi connectivity index (χ4v) is 1.18. The molecule has 0 spiro atoms. The maximum absolute atomic E-state index is 4.34. The van der Waals surface area contributed by atoms with Gasteiger partial charge in [-0.2, -0.15) is 0 Å². The van der Waals surface area contributed by atoms with Gasteiger partial charge in [0.2, 0.25) is 0 Å². The molecule has 1 heteroatoms. The largest absolute Gasteiger partial charge is 0.260 e. The van der Waals surface area contributed by atoms with Gasteiger partial charge in [-0.3, -0.25) is 4.98 Å². The monoisotopic (exact) mass is 161 g/mol. The molecule has 64 valence electrons. The van der Waals surface area contributed by atoms with Crippen molar-refractivity contribution < 1.29 is 0 Å². The van der Waals surface area contributed by atoms with Gasteiger partial charge in [-0.25, -0.2) is 0 Å². The molecule has 1 aromatic rings. The van der Waals surface area contributed by atoms with Crippen LogP contribution in [0.5, 0.6) is 0 Å². The second-order valence-electron chi connectivity index (χ2n) is 3.27. The highest BCUT2D eigenvalue weighted by atomic mass is 14.7. The van der Waals surface area contributed by atoms with E-state index < -0.39 is 0 Å². The Bertz CT molecular complexity index is 289. The van der Waals surface area contributed by atoms with Crippen molar-refractivity contribution in [1.29, 1.82) is 0 Å². The molecule has 0 aromatic carbocycles. The second-order valence-corrected chi connectivity index (χ2v) is 3.27. The Kier molecular flexibility index (Phi) is 2.64. The van der Waals surface area contributed by atoms with Gasteiger partial charge in [0.05, 0.1) is 5.69 Å². The molecule has 0 saturated heterocycles. The molecule has 12 heavy (non-hydrogen) atoms. The van der Waals surface area contributed by atoms with Gasteiger partial charge in [-0.1, -0.05) is 25.1 Å². The lowest BCUT2D eigenvalue weighted by Gasteiger charge is -2.12. The lowest BCUT2D eigenvalue weighted by molar-refractivity contribution is 0.840. The summed E-state index contributed by atoms with van der Waals surface area (Å²) in [6.45, 7) is 10.2. The summed E-state index contributed by atoms with van der Waals surface area (Å²) < 4.78 is 0. The predicted octanol–water partition coefficient (Wildman–Crippen LogP) is 3.07. The van der Waals surface area contributed by atoms with Gasteiger partial charge < -0.3 is 0 Å². The van der Waals surface area contributed by atoms with Crippen molar-refractivity contribution in [2.45, 2.75) is 26.7 Å². The minimum Gasteiger partial charge on any atom is -0.260 e. The topological polar surface area (TPSA) is 12.9 Å². The number of hydrogen-bond acceptors (Lipinski definition) is 1. The number of allylic oxidation sites excluding steroid dienone is 1. The molecule has 0 aliphatic carbocycles. The molecule has 0 bridgehead atoms. The molecular weight excluding hydrogens is 146 g/mol. The summed E-state index contributed by atoms with van der Waals surface area (Å²) in [4.78, 5) is 4.34. The van der Waals surface area contributed by atoms with E-state index in [4.69, 9.17) is 0 Å². The Morgan fingerprint density at radius 2 is 2.25 bits per heavy atom. The zero-order valence-corrected chi connectivity index (χ0v) is 7.96. The normalized spacial score (nSPS) is 12.6. The van der Waals surface area contributed by atoms with E-state index in [0.717, 1.165) is 11.3 Å². The van der Waals surface area contributed by atoms with Crippen LogP contribution < -0.4 is 0 Å². The first kappa shape index (κ1) is 8.98. The maximum Gasteiger partial charge on any atom is 0.0501 e. The second kappa shape index (κ2) is 3.53. The van der Waals surface area contributed by atoms with Crippen LogP contribution in [-0.2, 0) is 0 Å². The number of hydrogen-bond donors (Lipinski definition) is 0. The highest BCUT2D eigenvalue weighted by Gasteiger charge is 2.08. The van der Waals surface area contributed by atoms with Crippen molar-refractivity contribution in [2.75, 3.05) is 0 Å². The third kappa shape index (κ3) is 1.73. The molecule has 0 saturated carbocycles. The number of aryl methyl sites for hydroxylation is 1. The Morgan fingerprint density at radius 3 is 2.75 bits per heavy atom. The van der Waals surface area contributed by atoms with E-state index >= 15 is 0 Å². The van der Waals surface area contributed by atoms with E-state index in [9.17, 15) is 0 Å². The van der Waals surface area contributed by atoms with Crippen molar-refractivity contribution in [3.05, 3.63) is 41.7 Å². The van der Waals surface area contributed by atoms with Crippen molar-refractivity contribution >= 4 is 0 Å². The van der Waals surface area contributed by atoms with E-state index in [1.165, 1.54) is 5.56 Å². The van der Waals surface area contributed by atoms with Crippen LogP contribution in [0.3, 0.4) is 0 Å². The van der Waals surface area contributed by atoms with Crippen molar-refractivity contribution in [1.82, 2.24) is 4.98 Å². The van der Waals surface area contributed by atoms with Crippen LogP contribution in [0.15, 0.2) is 30.5 Å². The highest BCUT2D eigenvalue weighted by molar-refractivity contribution is 5.26. The number of rotatable bonds is 2. The van der Waals surface area contributed by atoms with E-state index in [-0.39, 0.29) is 0 Å². The molecule has 0 radical (unpaired) electrons.